The Bertz CT molecular complexity index is 593. The van der Waals surface area contributed by atoms with Gasteiger partial charge in [-0.05, 0) is 49.9 Å². The van der Waals surface area contributed by atoms with Gasteiger partial charge in [0.25, 0.3) is 0 Å². The van der Waals surface area contributed by atoms with Crippen LogP contribution in [0.3, 0.4) is 0 Å². The molecule has 0 amide bonds. The lowest BCUT2D eigenvalue weighted by molar-refractivity contribution is 1.19. The van der Waals surface area contributed by atoms with Crippen molar-refractivity contribution in [2.75, 3.05) is 0 Å². The van der Waals surface area contributed by atoms with Crippen molar-refractivity contribution in [3.63, 3.8) is 0 Å². The van der Waals surface area contributed by atoms with Crippen LogP contribution in [0.5, 0.6) is 0 Å². The molecule has 2 rings (SSSR count). The van der Waals surface area contributed by atoms with Gasteiger partial charge < -0.3 is 0 Å². The lowest BCUT2D eigenvalue weighted by atomic mass is 9.89. The predicted octanol–water partition coefficient (Wildman–Crippen LogP) is 4.44. The standard InChI is InChI=1S/C17H18N2O/c1-11-7-5-8-12(2)15(11)17(18-19-20)16-13(3)9-6-10-14(16)4/h5-10H,1-4H3. The Balaban J connectivity index is 2.77. The number of rotatable bonds is 3. The van der Waals surface area contributed by atoms with E-state index in [1.807, 2.05) is 64.1 Å². The monoisotopic (exact) mass is 266 g/mol. The summed E-state index contributed by atoms with van der Waals surface area (Å²) in [4.78, 5) is 10.8. The highest BCUT2D eigenvalue weighted by Crippen LogP contribution is 2.23. The molecule has 2 aromatic carbocycles. The Hall–Kier alpha value is -2.29. The topological polar surface area (TPSA) is 41.8 Å². The van der Waals surface area contributed by atoms with Gasteiger partial charge in [-0.1, -0.05) is 36.4 Å². The molecule has 3 nitrogen and oxygen atoms in total. The minimum Gasteiger partial charge on any atom is -0.123 e. The molecule has 2 aromatic rings. The van der Waals surface area contributed by atoms with Crippen LogP contribution in [0.1, 0.15) is 33.4 Å². The second-order valence-electron chi connectivity index (χ2n) is 5.06. The van der Waals surface area contributed by atoms with Crippen LogP contribution in [0.15, 0.2) is 46.8 Å². The van der Waals surface area contributed by atoms with E-state index in [0.717, 1.165) is 33.4 Å². The Labute approximate surface area is 119 Å². The molecular formula is C17H18N2O. The maximum Gasteiger partial charge on any atom is 0.105 e. The van der Waals surface area contributed by atoms with Crippen molar-refractivity contribution in [2.45, 2.75) is 27.7 Å². The third kappa shape index (κ3) is 2.52. The van der Waals surface area contributed by atoms with Gasteiger partial charge in [0, 0.05) is 11.1 Å². The van der Waals surface area contributed by atoms with Gasteiger partial charge in [-0.25, -0.2) is 0 Å². The van der Waals surface area contributed by atoms with Crippen molar-refractivity contribution < 1.29 is 0 Å². The summed E-state index contributed by atoms with van der Waals surface area (Å²) in [6.45, 7) is 8.10. The lowest BCUT2D eigenvalue weighted by Gasteiger charge is -2.15. The van der Waals surface area contributed by atoms with E-state index in [4.69, 9.17) is 0 Å². The molecule has 0 spiro atoms. The highest BCUT2D eigenvalue weighted by molar-refractivity contribution is 6.16. The summed E-state index contributed by atoms with van der Waals surface area (Å²) in [7, 11) is 0. The van der Waals surface area contributed by atoms with Gasteiger partial charge >= 0.3 is 0 Å². The van der Waals surface area contributed by atoms with E-state index >= 15 is 0 Å². The molecule has 0 aliphatic carbocycles. The molecule has 3 heteroatoms. The Morgan fingerprint density at radius 2 is 1.10 bits per heavy atom. The fourth-order valence-corrected chi connectivity index (χ4v) is 2.64. The first-order chi connectivity index (χ1) is 9.56. The number of nitrogens with zero attached hydrogens (tertiary/aromatic N) is 2. The van der Waals surface area contributed by atoms with E-state index in [9.17, 15) is 4.91 Å². The summed E-state index contributed by atoms with van der Waals surface area (Å²) in [5.41, 5.74) is 7.01. The molecule has 0 radical (unpaired) electrons. The molecule has 0 atom stereocenters. The van der Waals surface area contributed by atoms with E-state index in [1.54, 1.807) is 0 Å². The molecule has 0 aromatic heterocycles. The van der Waals surface area contributed by atoms with Crippen LogP contribution >= 0.6 is 0 Å². The van der Waals surface area contributed by atoms with Crippen molar-refractivity contribution >= 4 is 5.71 Å². The van der Waals surface area contributed by atoms with E-state index in [-0.39, 0.29) is 0 Å². The van der Waals surface area contributed by atoms with Crippen molar-refractivity contribution in [3.05, 3.63) is 74.7 Å². The third-order valence-electron chi connectivity index (χ3n) is 3.58. The van der Waals surface area contributed by atoms with Gasteiger partial charge in [-0.3, -0.25) is 0 Å². The molecule has 0 bridgehead atoms. The summed E-state index contributed by atoms with van der Waals surface area (Å²) in [6.07, 6.45) is 0. The van der Waals surface area contributed by atoms with Crippen LogP contribution in [0, 0.1) is 32.6 Å². The highest BCUT2D eigenvalue weighted by Gasteiger charge is 2.16. The second kappa shape index (κ2) is 5.78. The average Bonchev–Trinajstić information content (AvgIpc) is 2.38. The Morgan fingerprint density at radius 3 is 1.40 bits per heavy atom. The fraction of sp³-hybridized carbons (Fsp3) is 0.235. The zero-order chi connectivity index (χ0) is 14.7. The van der Waals surface area contributed by atoms with Gasteiger partial charge in [0.2, 0.25) is 0 Å². The highest BCUT2D eigenvalue weighted by atomic mass is 16.3. The number of hydrogen-bond donors (Lipinski definition) is 0. The van der Waals surface area contributed by atoms with Crippen LogP contribution in [0.25, 0.3) is 0 Å². The van der Waals surface area contributed by atoms with Crippen molar-refractivity contribution in [2.24, 2.45) is 10.4 Å². The molecule has 0 fully saturated rings. The average molecular weight is 266 g/mol. The number of hydrogen-bond acceptors (Lipinski definition) is 2. The molecule has 102 valence electrons. The van der Waals surface area contributed by atoms with E-state index in [2.05, 4.69) is 10.4 Å². The maximum absolute atomic E-state index is 10.8. The summed E-state index contributed by atoms with van der Waals surface area (Å²) >= 11 is 0. The van der Waals surface area contributed by atoms with Gasteiger partial charge in [0.15, 0.2) is 0 Å². The summed E-state index contributed by atoms with van der Waals surface area (Å²) < 4.78 is 0. The number of benzene rings is 2. The minimum absolute atomic E-state index is 0.659. The first kappa shape index (κ1) is 14.1. The van der Waals surface area contributed by atoms with Crippen LogP contribution in [0.2, 0.25) is 0 Å². The van der Waals surface area contributed by atoms with Crippen LogP contribution in [-0.4, -0.2) is 5.71 Å². The third-order valence-corrected chi connectivity index (χ3v) is 3.58. The van der Waals surface area contributed by atoms with Gasteiger partial charge in [-0.2, -0.15) is 0 Å². The molecule has 0 heterocycles. The smallest absolute Gasteiger partial charge is 0.105 e. The SMILES string of the molecule is Cc1cccc(C)c1C(=NN=O)c1c(C)cccc1C. The Kier molecular flexibility index (Phi) is 4.08. The van der Waals surface area contributed by atoms with Crippen LogP contribution < -0.4 is 0 Å². The molecule has 0 saturated carbocycles. The summed E-state index contributed by atoms with van der Waals surface area (Å²) in [5.74, 6) is 0. The van der Waals surface area contributed by atoms with Crippen molar-refractivity contribution in [1.29, 1.82) is 0 Å². The lowest BCUT2D eigenvalue weighted by Crippen LogP contribution is -2.11. The molecular weight excluding hydrogens is 248 g/mol. The van der Waals surface area contributed by atoms with Gasteiger partial charge in [-0.15, -0.1) is 10.0 Å². The normalized spacial score (nSPS) is 10.2. The van der Waals surface area contributed by atoms with Gasteiger partial charge in [0.1, 0.15) is 5.71 Å². The quantitative estimate of drug-likeness (QED) is 0.460. The second-order valence-corrected chi connectivity index (χ2v) is 5.06. The fourth-order valence-electron chi connectivity index (χ4n) is 2.64. The number of nitroso groups, excluding NO2 is 1. The van der Waals surface area contributed by atoms with Crippen molar-refractivity contribution in [1.82, 2.24) is 0 Å². The minimum atomic E-state index is 0.659. The first-order valence-corrected chi connectivity index (χ1v) is 6.59. The summed E-state index contributed by atoms with van der Waals surface area (Å²) in [5, 5.41) is 6.69. The summed E-state index contributed by atoms with van der Waals surface area (Å²) in [6, 6.07) is 12.1. The molecule has 20 heavy (non-hydrogen) atoms. The molecule has 0 aliphatic rings. The number of aryl methyl sites for hydroxylation is 4. The predicted molar refractivity (Wildman–Crippen MR) is 83.3 cm³/mol. The van der Waals surface area contributed by atoms with Crippen LogP contribution in [0.4, 0.5) is 0 Å². The largest absolute Gasteiger partial charge is 0.123 e. The van der Waals surface area contributed by atoms with Gasteiger partial charge in [0.05, 0.1) is 5.29 Å². The zero-order valence-electron chi connectivity index (χ0n) is 12.3. The molecule has 0 saturated heterocycles. The van der Waals surface area contributed by atoms with E-state index in [0.29, 0.717) is 5.71 Å². The molecule has 0 aliphatic heterocycles. The first-order valence-electron chi connectivity index (χ1n) is 6.59. The Morgan fingerprint density at radius 1 is 0.750 bits per heavy atom. The molecule has 0 unspecified atom stereocenters. The van der Waals surface area contributed by atoms with Crippen molar-refractivity contribution in [3.8, 4) is 0 Å². The van der Waals surface area contributed by atoms with E-state index < -0.39 is 0 Å². The van der Waals surface area contributed by atoms with E-state index in [1.165, 1.54) is 0 Å². The zero-order valence-corrected chi connectivity index (χ0v) is 12.3. The van der Waals surface area contributed by atoms with Crippen LogP contribution in [-0.2, 0) is 0 Å². The molecule has 0 N–H and O–H groups in total. The maximum atomic E-state index is 10.8.